The minimum atomic E-state index is -0.663. The van der Waals surface area contributed by atoms with Crippen LogP contribution in [-0.2, 0) is 11.3 Å². The van der Waals surface area contributed by atoms with Gasteiger partial charge in [0, 0.05) is 31.7 Å². The molecule has 0 unspecified atom stereocenters. The molecule has 0 saturated carbocycles. The molecule has 152 valence electrons. The van der Waals surface area contributed by atoms with Crippen molar-refractivity contribution in [3.8, 4) is 0 Å². The van der Waals surface area contributed by atoms with E-state index >= 15 is 0 Å². The Kier molecular flexibility index (Phi) is 5.44. The van der Waals surface area contributed by atoms with Crippen LogP contribution in [0.25, 0.3) is 11.0 Å². The van der Waals surface area contributed by atoms with Crippen LogP contribution in [0.1, 0.15) is 24.4 Å². The number of fused-ring (bicyclic) bond motifs is 1. The molecule has 2 heterocycles. The number of benzene rings is 2. The van der Waals surface area contributed by atoms with E-state index in [4.69, 9.17) is 0 Å². The van der Waals surface area contributed by atoms with Crippen LogP contribution in [0.15, 0.2) is 47.3 Å². The Hall–Kier alpha value is -3.00. The Morgan fingerprint density at radius 1 is 1.10 bits per heavy atom. The van der Waals surface area contributed by atoms with Gasteiger partial charge in [0.15, 0.2) is 0 Å². The zero-order chi connectivity index (χ0) is 20.4. The van der Waals surface area contributed by atoms with Gasteiger partial charge in [-0.3, -0.25) is 14.3 Å². The lowest BCUT2D eigenvalue weighted by Crippen LogP contribution is -2.42. The van der Waals surface area contributed by atoms with Crippen molar-refractivity contribution in [1.82, 2.24) is 19.8 Å². The number of likely N-dealkylation sites (tertiary alicyclic amines) is 1. The molecule has 1 fully saturated rings. The summed E-state index contributed by atoms with van der Waals surface area (Å²) in [6.07, 6.45) is 1.54. The van der Waals surface area contributed by atoms with Crippen LogP contribution >= 0.6 is 0 Å². The number of piperidine rings is 1. The predicted molar refractivity (Wildman–Crippen MR) is 105 cm³/mol. The summed E-state index contributed by atoms with van der Waals surface area (Å²) in [5, 5.41) is 2.70. The molecule has 0 spiro atoms. The maximum Gasteiger partial charge on any atom is 0.326 e. The lowest BCUT2D eigenvalue weighted by Gasteiger charge is -2.32. The van der Waals surface area contributed by atoms with E-state index in [9.17, 15) is 18.4 Å². The summed E-state index contributed by atoms with van der Waals surface area (Å²) in [5.74, 6) is -1.52. The number of H-pyrrole nitrogens is 1. The summed E-state index contributed by atoms with van der Waals surface area (Å²) < 4.78 is 28.2. The molecule has 0 radical (unpaired) electrons. The first kappa shape index (κ1) is 19.3. The van der Waals surface area contributed by atoms with E-state index in [2.05, 4.69) is 10.3 Å². The first-order valence-electron chi connectivity index (χ1n) is 9.63. The fourth-order valence-corrected chi connectivity index (χ4v) is 3.95. The summed E-state index contributed by atoms with van der Waals surface area (Å²) in [5.41, 5.74) is 2.00. The number of halogens is 2. The first-order chi connectivity index (χ1) is 14.0. The van der Waals surface area contributed by atoms with Crippen LogP contribution < -0.4 is 11.0 Å². The van der Waals surface area contributed by atoms with Gasteiger partial charge in [-0.15, -0.1) is 0 Å². The number of rotatable bonds is 5. The average Bonchev–Trinajstić information content (AvgIpc) is 3.02. The number of aromatic amines is 1. The van der Waals surface area contributed by atoms with Crippen molar-refractivity contribution in [2.45, 2.75) is 25.4 Å². The number of carbonyl (C=O) groups is 1. The second-order valence-corrected chi connectivity index (χ2v) is 7.38. The largest absolute Gasteiger partial charge is 0.351 e. The Morgan fingerprint density at radius 3 is 2.52 bits per heavy atom. The molecule has 8 heteroatoms. The number of imidazole rings is 1. The minimum absolute atomic E-state index is 0.0781. The van der Waals surface area contributed by atoms with E-state index in [-0.39, 0.29) is 30.7 Å². The van der Waals surface area contributed by atoms with Gasteiger partial charge in [0.05, 0.1) is 17.6 Å². The molecule has 6 nitrogen and oxygen atoms in total. The number of nitrogens with zero attached hydrogens (tertiary/aromatic N) is 2. The van der Waals surface area contributed by atoms with Crippen molar-refractivity contribution in [3.05, 3.63) is 70.1 Å². The molecule has 2 N–H and O–H groups in total. The lowest BCUT2D eigenvalue weighted by atomic mass is 10.0. The summed E-state index contributed by atoms with van der Waals surface area (Å²) in [6.45, 7) is 1.68. The van der Waals surface area contributed by atoms with E-state index < -0.39 is 11.6 Å². The number of hydrogen-bond acceptors (Lipinski definition) is 3. The van der Waals surface area contributed by atoms with Gasteiger partial charge in [0.2, 0.25) is 5.91 Å². The maximum absolute atomic E-state index is 13.2. The number of carbonyl (C=O) groups excluding carboxylic acids is 1. The van der Waals surface area contributed by atoms with Crippen molar-refractivity contribution in [2.75, 3.05) is 19.6 Å². The third kappa shape index (κ3) is 4.37. The van der Waals surface area contributed by atoms with Gasteiger partial charge in [0.1, 0.15) is 11.6 Å². The molecule has 1 aliphatic heterocycles. The van der Waals surface area contributed by atoms with Gasteiger partial charge in [-0.05, 0) is 42.7 Å². The summed E-state index contributed by atoms with van der Waals surface area (Å²) >= 11 is 0. The number of nitrogens with one attached hydrogen (secondary N) is 2. The van der Waals surface area contributed by atoms with E-state index in [0.29, 0.717) is 18.7 Å². The van der Waals surface area contributed by atoms with Crippen LogP contribution in [0.2, 0.25) is 0 Å². The molecular weight excluding hydrogens is 378 g/mol. The summed E-state index contributed by atoms with van der Waals surface area (Å²) in [6, 6.07) is 10.9. The van der Waals surface area contributed by atoms with Gasteiger partial charge in [-0.25, -0.2) is 13.6 Å². The van der Waals surface area contributed by atoms with Gasteiger partial charge in [-0.1, -0.05) is 12.1 Å². The normalized spacial score (nSPS) is 15.7. The third-order valence-electron chi connectivity index (χ3n) is 5.33. The van der Waals surface area contributed by atoms with Crippen molar-refractivity contribution >= 4 is 16.9 Å². The second-order valence-electron chi connectivity index (χ2n) is 7.38. The molecule has 1 saturated heterocycles. The maximum atomic E-state index is 13.2. The van der Waals surface area contributed by atoms with Crippen molar-refractivity contribution in [1.29, 1.82) is 0 Å². The zero-order valence-electron chi connectivity index (χ0n) is 15.8. The van der Waals surface area contributed by atoms with E-state index in [1.54, 1.807) is 0 Å². The van der Waals surface area contributed by atoms with Crippen molar-refractivity contribution in [2.24, 2.45) is 0 Å². The fraction of sp³-hybridized carbons (Fsp3) is 0.333. The summed E-state index contributed by atoms with van der Waals surface area (Å²) in [7, 11) is 0. The van der Waals surface area contributed by atoms with Crippen molar-refractivity contribution < 1.29 is 13.6 Å². The van der Waals surface area contributed by atoms with Gasteiger partial charge < -0.3 is 10.3 Å². The molecule has 1 aromatic heterocycles. The molecule has 29 heavy (non-hydrogen) atoms. The molecular formula is C21H22F2N4O2. The van der Waals surface area contributed by atoms with Gasteiger partial charge in [0.25, 0.3) is 0 Å². The van der Waals surface area contributed by atoms with Crippen LogP contribution in [-0.4, -0.2) is 40.0 Å². The molecule has 0 bridgehead atoms. The van der Waals surface area contributed by atoms with Gasteiger partial charge in [-0.2, -0.15) is 0 Å². The Labute approximate surface area is 166 Å². The molecule has 0 aliphatic carbocycles. The quantitative estimate of drug-likeness (QED) is 0.692. The first-order valence-corrected chi connectivity index (χ1v) is 9.63. The van der Waals surface area contributed by atoms with Crippen LogP contribution in [0.3, 0.4) is 0 Å². The third-order valence-corrected chi connectivity index (χ3v) is 5.33. The van der Waals surface area contributed by atoms with Crippen LogP contribution in [0.4, 0.5) is 8.78 Å². The molecule has 0 atom stereocenters. The number of aromatic nitrogens is 2. The van der Waals surface area contributed by atoms with Crippen LogP contribution in [0.5, 0.6) is 0 Å². The highest BCUT2D eigenvalue weighted by Crippen LogP contribution is 2.24. The van der Waals surface area contributed by atoms with E-state index in [1.807, 2.05) is 33.7 Å². The molecule has 3 aromatic rings. The topological polar surface area (TPSA) is 70.1 Å². The number of hydrogen-bond donors (Lipinski definition) is 2. The Morgan fingerprint density at radius 2 is 1.79 bits per heavy atom. The molecule has 4 rings (SSSR count). The average molecular weight is 400 g/mol. The van der Waals surface area contributed by atoms with Crippen molar-refractivity contribution in [3.63, 3.8) is 0 Å². The SMILES string of the molecule is O=C(CN1CCC(n2c(=O)[nH]c3ccccc32)CC1)NCc1cc(F)cc(F)c1. The molecule has 1 aliphatic rings. The minimum Gasteiger partial charge on any atom is -0.351 e. The predicted octanol–water partition coefficient (Wildman–Crippen LogP) is 2.56. The monoisotopic (exact) mass is 400 g/mol. The molecule has 2 aromatic carbocycles. The Bertz CT molecular complexity index is 1060. The van der Waals surface area contributed by atoms with Gasteiger partial charge >= 0.3 is 5.69 Å². The number of para-hydroxylation sites is 2. The highest BCUT2D eigenvalue weighted by molar-refractivity contribution is 5.78. The molecule has 1 amide bonds. The van der Waals surface area contributed by atoms with E-state index in [0.717, 1.165) is 29.9 Å². The van der Waals surface area contributed by atoms with E-state index in [1.165, 1.54) is 12.1 Å². The smallest absolute Gasteiger partial charge is 0.326 e. The Balaban J connectivity index is 1.31. The lowest BCUT2D eigenvalue weighted by molar-refractivity contribution is -0.122. The zero-order valence-corrected chi connectivity index (χ0v) is 15.8. The van der Waals surface area contributed by atoms with Crippen LogP contribution in [0, 0.1) is 11.6 Å². The second kappa shape index (κ2) is 8.16. The summed E-state index contributed by atoms with van der Waals surface area (Å²) in [4.78, 5) is 29.4. The number of amides is 1. The highest BCUT2D eigenvalue weighted by atomic mass is 19.1. The fourth-order valence-electron chi connectivity index (χ4n) is 3.95. The standard InChI is InChI=1S/C21H22F2N4O2/c22-15-9-14(10-16(23)11-15)12-24-20(28)13-26-7-5-17(6-8-26)27-19-4-2-1-3-18(19)25-21(27)29/h1-4,9-11,17H,5-8,12-13H2,(H,24,28)(H,25,29). The highest BCUT2D eigenvalue weighted by Gasteiger charge is 2.24.